The number of aryl methyl sites for hydroxylation is 1. The van der Waals surface area contributed by atoms with Gasteiger partial charge in [-0.2, -0.15) is 0 Å². The van der Waals surface area contributed by atoms with E-state index in [4.69, 9.17) is 14.2 Å². The average Bonchev–Trinajstić information content (AvgIpc) is 2.82. The van der Waals surface area contributed by atoms with Gasteiger partial charge in [0.25, 0.3) is 5.56 Å². The number of carbonyl (C=O) groups excluding carboxylic acids is 2. The van der Waals surface area contributed by atoms with E-state index < -0.39 is 12.0 Å². The zero-order chi connectivity index (χ0) is 23.1. The molecule has 0 aliphatic rings. The molecule has 0 aliphatic carbocycles. The molecule has 1 heterocycles. The van der Waals surface area contributed by atoms with Gasteiger partial charge in [0.2, 0.25) is 5.91 Å². The van der Waals surface area contributed by atoms with Crippen LogP contribution in [-0.2, 0) is 27.3 Å². The number of fused-ring (bicyclic) bond motifs is 1. The fourth-order valence-electron chi connectivity index (χ4n) is 3.32. The van der Waals surface area contributed by atoms with Gasteiger partial charge in [0, 0.05) is 25.5 Å². The lowest BCUT2D eigenvalue weighted by Crippen LogP contribution is -2.43. The topological polar surface area (TPSA) is 109 Å². The molecule has 3 aromatic rings. The SMILES string of the molecule is COC(=O)[C@H](Cc1ccccc1)NC(=O)CCn1cnc2cc(OC)c(OC)cc2c1=O. The molecule has 9 nitrogen and oxygen atoms in total. The minimum Gasteiger partial charge on any atom is -0.493 e. The normalized spacial score (nSPS) is 11.6. The maximum atomic E-state index is 12.8. The van der Waals surface area contributed by atoms with Crippen molar-refractivity contribution in [3.8, 4) is 11.5 Å². The number of hydrogen-bond donors (Lipinski definition) is 1. The zero-order valence-electron chi connectivity index (χ0n) is 18.2. The number of methoxy groups -OCH3 is 3. The fraction of sp³-hybridized carbons (Fsp3) is 0.304. The van der Waals surface area contributed by atoms with Gasteiger partial charge < -0.3 is 19.5 Å². The van der Waals surface area contributed by atoms with Gasteiger partial charge in [0.15, 0.2) is 11.5 Å². The van der Waals surface area contributed by atoms with Crippen LogP contribution in [-0.4, -0.2) is 48.8 Å². The standard InChI is InChI=1S/C23H25N3O6/c1-30-19-12-16-17(13-20(19)31-2)24-14-26(22(16)28)10-9-21(27)25-18(23(29)32-3)11-15-7-5-4-6-8-15/h4-8,12-14,18H,9-11H2,1-3H3,(H,25,27)/t18-/m0/s1. The Morgan fingerprint density at radius 2 is 1.75 bits per heavy atom. The summed E-state index contributed by atoms with van der Waals surface area (Å²) >= 11 is 0. The van der Waals surface area contributed by atoms with E-state index in [0.29, 0.717) is 28.8 Å². The highest BCUT2D eigenvalue weighted by Gasteiger charge is 2.22. The molecule has 168 valence electrons. The number of carbonyl (C=O) groups is 2. The molecule has 0 saturated carbocycles. The number of ether oxygens (including phenoxy) is 3. The Hall–Kier alpha value is -3.88. The molecule has 0 saturated heterocycles. The summed E-state index contributed by atoms with van der Waals surface area (Å²) in [6.45, 7) is 0.0984. The number of rotatable bonds is 9. The largest absolute Gasteiger partial charge is 0.493 e. The highest BCUT2D eigenvalue weighted by Crippen LogP contribution is 2.29. The van der Waals surface area contributed by atoms with E-state index >= 15 is 0 Å². The molecule has 0 aliphatic heterocycles. The van der Waals surface area contributed by atoms with Crippen LogP contribution in [0.1, 0.15) is 12.0 Å². The van der Waals surface area contributed by atoms with Gasteiger partial charge in [-0.3, -0.25) is 14.2 Å². The van der Waals surface area contributed by atoms with E-state index in [-0.39, 0.29) is 24.4 Å². The molecule has 0 fully saturated rings. The van der Waals surface area contributed by atoms with Crippen molar-refractivity contribution in [2.45, 2.75) is 25.4 Å². The van der Waals surface area contributed by atoms with Crippen LogP contribution in [0.25, 0.3) is 10.9 Å². The van der Waals surface area contributed by atoms with Gasteiger partial charge >= 0.3 is 5.97 Å². The Labute approximate surface area is 184 Å². The third-order valence-corrected chi connectivity index (χ3v) is 5.01. The first-order valence-electron chi connectivity index (χ1n) is 9.99. The summed E-state index contributed by atoms with van der Waals surface area (Å²) in [4.78, 5) is 41.8. The van der Waals surface area contributed by atoms with Crippen molar-refractivity contribution >= 4 is 22.8 Å². The summed E-state index contributed by atoms with van der Waals surface area (Å²) in [6, 6.07) is 11.7. The van der Waals surface area contributed by atoms with Crippen molar-refractivity contribution in [1.29, 1.82) is 0 Å². The highest BCUT2D eigenvalue weighted by molar-refractivity contribution is 5.85. The molecular weight excluding hydrogens is 414 g/mol. The molecule has 9 heteroatoms. The monoisotopic (exact) mass is 439 g/mol. The van der Waals surface area contributed by atoms with Crippen molar-refractivity contribution < 1.29 is 23.8 Å². The Morgan fingerprint density at radius 3 is 2.41 bits per heavy atom. The Bertz CT molecular complexity index is 1160. The maximum Gasteiger partial charge on any atom is 0.328 e. The first-order chi connectivity index (χ1) is 15.5. The van der Waals surface area contributed by atoms with Crippen LogP contribution >= 0.6 is 0 Å². The van der Waals surface area contributed by atoms with Gasteiger partial charge in [-0.15, -0.1) is 0 Å². The molecule has 1 amide bonds. The smallest absolute Gasteiger partial charge is 0.328 e. The number of aromatic nitrogens is 2. The number of nitrogens with zero attached hydrogens (tertiary/aromatic N) is 2. The van der Waals surface area contributed by atoms with Crippen LogP contribution in [0, 0.1) is 0 Å². The van der Waals surface area contributed by atoms with E-state index in [0.717, 1.165) is 5.56 Å². The fourth-order valence-corrected chi connectivity index (χ4v) is 3.32. The van der Waals surface area contributed by atoms with Crippen molar-refractivity contribution in [1.82, 2.24) is 14.9 Å². The van der Waals surface area contributed by atoms with Crippen LogP contribution in [0.15, 0.2) is 53.6 Å². The zero-order valence-corrected chi connectivity index (χ0v) is 18.2. The lowest BCUT2D eigenvalue weighted by Gasteiger charge is -2.17. The van der Waals surface area contributed by atoms with Gasteiger partial charge in [-0.1, -0.05) is 30.3 Å². The molecule has 1 N–H and O–H groups in total. The summed E-state index contributed by atoms with van der Waals surface area (Å²) in [5, 5.41) is 3.04. The van der Waals surface area contributed by atoms with Crippen LogP contribution in [0.5, 0.6) is 11.5 Å². The van der Waals surface area contributed by atoms with E-state index in [9.17, 15) is 14.4 Å². The lowest BCUT2D eigenvalue weighted by atomic mass is 10.1. The summed E-state index contributed by atoms with van der Waals surface area (Å²) in [6.07, 6.45) is 1.67. The predicted octanol–water partition coefficient (Wildman–Crippen LogP) is 1.70. The molecule has 2 aromatic carbocycles. The maximum absolute atomic E-state index is 12.8. The molecule has 0 radical (unpaired) electrons. The Kier molecular flexibility index (Phi) is 7.43. The number of amides is 1. The van der Waals surface area contributed by atoms with Gasteiger partial charge in [0.05, 0.1) is 38.6 Å². The van der Waals surface area contributed by atoms with E-state index in [2.05, 4.69) is 10.3 Å². The van der Waals surface area contributed by atoms with Crippen molar-refractivity contribution in [2.75, 3.05) is 21.3 Å². The van der Waals surface area contributed by atoms with Gasteiger partial charge in [-0.25, -0.2) is 9.78 Å². The second-order valence-electron chi connectivity index (χ2n) is 7.05. The lowest BCUT2D eigenvalue weighted by molar-refractivity contribution is -0.145. The first kappa shape index (κ1) is 22.8. The molecule has 0 unspecified atom stereocenters. The average molecular weight is 439 g/mol. The third kappa shape index (κ3) is 5.23. The summed E-state index contributed by atoms with van der Waals surface area (Å²) in [5.41, 5.74) is 1.04. The number of nitrogens with one attached hydrogen (secondary N) is 1. The minimum atomic E-state index is -0.821. The third-order valence-electron chi connectivity index (χ3n) is 5.01. The Morgan fingerprint density at radius 1 is 1.06 bits per heavy atom. The summed E-state index contributed by atoms with van der Waals surface area (Å²) in [7, 11) is 4.26. The highest BCUT2D eigenvalue weighted by atomic mass is 16.5. The second-order valence-corrected chi connectivity index (χ2v) is 7.05. The second kappa shape index (κ2) is 10.4. The van der Waals surface area contributed by atoms with Crippen molar-refractivity contribution in [2.24, 2.45) is 0 Å². The van der Waals surface area contributed by atoms with Crippen LogP contribution < -0.4 is 20.3 Å². The summed E-state index contributed by atoms with van der Waals surface area (Å²) < 4.78 is 16.7. The predicted molar refractivity (Wildman–Crippen MR) is 118 cm³/mol. The molecule has 32 heavy (non-hydrogen) atoms. The van der Waals surface area contributed by atoms with Gasteiger partial charge in [-0.05, 0) is 11.6 Å². The molecule has 0 spiro atoms. The van der Waals surface area contributed by atoms with Crippen LogP contribution in [0.4, 0.5) is 0 Å². The molecule has 0 bridgehead atoms. The van der Waals surface area contributed by atoms with Gasteiger partial charge in [0.1, 0.15) is 6.04 Å². The number of esters is 1. The molecule has 1 atom stereocenters. The van der Waals surface area contributed by atoms with Crippen LogP contribution in [0.2, 0.25) is 0 Å². The first-order valence-corrected chi connectivity index (χ1v) is 9.99. The van der Waals surface area contributed by atoms with E-state index in [1.807, 2.05) is 30.3 Å². The number of hydrogen-bond acceptors (Lipinski definition) is 7. The Balaban J connectivity index is 1.72. The quantitative estimate of drug-likeness (QED) is 0.506. The van der Waals surface area contributed by atoms with E-state index in [1.165, 1.54) is 32.2 Å². The molecule has 3 rings (SSSR count). The van der Waals surface area contributed by atoms with Crippen LogP contribution in [0.3, 0.4) is 0 Å². The van der Waals surface area contributed by atoms with E-state index in [1.54, 1.807) is 12.1 Å². The molecule has 1 aromatic heterocycles. The minimum absolute atomic E-state index is 0.0112. The van der Waals surface area contributed by atoms with Crippen molar-refractivity contribution in [3.63, 3.8) is 0 Å². The van der Waals surface area contributed by atoms with Crippen molar-refractivity contribution in [3.05, 3.63) is 64.7 Å². The number of benzene rings is 2. The summed E-state index contributed by atoms with van der Waals surface area (Å²) in [5.74, 6) is -0.0315. The molecular formula is C23H25N3O6.